The highest BCUT2D eigenvalue weighted by atomic mass is 32.2. The first kappa shape index (κ1) is 17.9. The summed E-state index contributed by atoms with van der Waals surface area (Å²) in [6.45, 7) is 7.11. The maximum atomic E-state index is 12.6. The molecule has 0 unspecified atom stereocenters. The molecule has 0 saturated carbocycles. The Labute approximate surface area is 139 Å². The van der Waals surface area contributed by atoms with E-state index in [-0.39, 0.29) is 17.6 Å². The lowest BCUT2D eigenvalue weighted by Crippen LogP contribution is -2.50. The first-order valence-corrected chi connectivity index (χ1v) is 9.78. The molecule has 1 aliphatic heterocycles. The standard InChI is InChI=1S/C17H26N2O3S/c1-13(2)16(17(20)19-9-4-5-10-19)18-23(21,22)12-15-8-6-7-14(3)11-15/h6-8,11,13,16,18H,4-5,9-10,12H2,1-3H3/t16-/m0/s1. The molecular formula is C17H26N2O3S. The fraction of sp³-hybridized carbons (Fsp3) is 0.588. The third-order valence-electron chi connectivity index (χ3n) is 4.10. The fourth-order valence-corrected chi connectivity index (χ4v) is 4.32. The minimum absolute atomic E-state index is 0.0876. The Morgan fingerprint density at radius 1 is 1.26 bits per heavy atom. The summed E-state index contributed by atoms with van der Waals surface area (Å²) in [6.07, 6.45) is 1.99. The number of nitrogens with zero attached hydrogens (tertiary/aromatic N) is 1. The van der Waals surface area contributed by atoms with Gasteiger partial charge in [0.25, 0.3) is 0 Å². The average molecular weight is 338 g/mol. The second-order valence-corrected chi connectivity index (χ2v) is 8.37. The van der Waals surface area contributed by atoms with Crippen LogP contribution >= 0.6 is 0 Å². The van der Waals surface area contributed by atoms with E-state index in [1.807, 2.05) is 39.0 Å². The molecule has 0 radical (unpaired) electrons. The van der Waals surface area contributed by atoms with Crippen molar-refractivity contribution in [2.24, 2.45) is 5.92 Å². The molecule has 1 aromatic rings. The van der Waals surface area contributed by atoms with E-state index in [1.165, 1.54) is 0 Å². The van der Waals surface area contributed by atoms with E-state index in [0.717, 1.165) is 37.1 Å². The summed E-state index contributed by atoms with van der Waals surface area (Å²) in [5.74, 6) is -0.300. The van der Waals surface area contributed by atoms with Gasteiger partial charge in [0.05, 0.1) is 5.75 Å². The molecule has 1 aliphatic rings. The molecule has 1 heterocycles. The predicted molar refractivity (Wildman–Crippen MR) is 91.4 cm³/mol. The smallest absolute Gasteiger partial charge is 0.241 e. The minimum atomic E-state index is -3.57. The van der Waals surface area contributed by atoms with Crippen molar-refractivity contribution in [2.45, 2.75) is 45.4 Å². The molecule has 23 heavy (non-hydrogen) atoms. The number of carbonyl (C=O) groups excluding carboxylic acids is 1. The molecule has 1 N–H and O–H groups in total. The maximum Gasteiger partial charge on any atom is 0.241 e. The van der Waals surface area contributed by atoms with Crippen molar-refractivity contribution in [3.63, 3.8) is 0 Å². The van der Waals surface area contributed by atoms with E-state index in [2.05, 4.69) is 4.72 Å². The van der Waals surface area contributed by atoms with Crippen molar-refractivity contribution in [2.75, 3.05) is 13.1 Å². The number of aryl methyl sites for hydroxylation is 1. The van der Waals surface area contributed by atoms with Gasteiger partial charge in [-0.05, 0) is 31.2 Å². The Bertz CT molecular complexity index is 650. The Balaban J connectivity index is 2.10. The van der Waals surface area contributed by atoms with Crippen LogP contribution in [0, 0.1) is 12.8 Å². The first-order valence-electron chi connectivity index (χ1n) is 8.13. The van der Waals surface area contributed by atoms with Crippen molar-refractivity contribution in [3.8, 4) is 0 Å². The second kappa shape index (κ2) is 7.45. The van der Waals surface area contributed by atoms with Gasteiger partial charge in [0, 0.05) is 13.1 Å². The third kappa shape index (κ3) is 5.04. The van der Waals surface area contributed by atoms with E-state index in [9.17, 15) is 13.2 Å². The summed E-state index contributed by atoms with van der Waals surface area (Å²) in [5, 5.41) is 0. The predicted octanol–water partition coefficient (Wildman–Crippen LogP) is 2.06. The van der Waals surface area contributed by atoms with Gasteiger partial charge in [-0.2, -0.15) is 0 Å². The number of likely N-dealkylation sites (tertiary alicyclic amines) is 1. The van der Waals surface area contributed by atoms with Gasteiger partial charge in [-0.25, -0.2) is 13.1 Å². The normalized spacial score (nSPS) is 16.8. The molecule has 128 valence electrons. The summed E-state index contributed by atoms with van der Waals surface area (Å²) in [7, 11) is -3.57. The van der Waals surface area contributed by atoms with Crippen molar-refractivity contribution in [1.29, 1.82) is 0 Å². The third-order valence-corrected chi connectivity index (χ3v) is 5.42. The van der Waals surface area contributed by atoms with Crippen molar-refractivity contribution in [1.82, 2.24) is 9.62 Å². The van der Waals surface area contributed by atoms with Gasteiger partial charge in [0.1, 0.15) is 6.04 Å². The molecule has 1 atom stereocenters. The van der Waals surface area contributed by atoms with Crippen LogP contribution in [-0.4, -0.2) is 38.4 Å². The molecule has 0 aromatic heterocycles. The summed E-state index contributed by atoms with van der Waals surface area (Å²) >= 11 is 0. The molecule has 0 spiro atoms. The number of sulfonamides is 1. The van der Waals surface area contributed by atoms with Crippen LogP contribution in [0.15, 0.2) is 24.3 Å². The Hall–Kier alpha value is -1.40. The van der Waals surface area contributed by atoms with Crippen LogP contribution in [0.3, 0.4) is 0 Å². The SMILES string of the molecule is Cc1cccc(CS(=O)(=O)N[C@H](C(=O)N2CCCC2)C(C)C)c1. The van der Waals surface area contributed by atoms with Crippen LogP contribution in [0.1, 0.15) is 37.8 Å². The molecular weight excluding hydrogens is 312 g/mol. The number of hydrogen-bond acceptors (Lipinski definition) is 3. The molecule has 1 fully saturated rings. The molecule has 0 bridgehead atoms. The van der Waals surface area contributed by atoms with Crippen LogP contribution in [0.25, 0.3) is 0 Å². The Morgan fingerprint density at radius 2 is 1.91 bits per heavy atom. The van der Waals surface area contributed by atoms with E-state index < -0.39 is 16.1 Å². The number of nitrogens with one attached hydrogen (secondary N) is 1. The van der Waals surface area contributed by atoms with Gasteiger partial charge < -0.3 is 4.90 Å². The summed E-state index contributed by atoms with van der Waals surface area (Å²) in [4.78, 5) is 14.3. The van der Waals surface area contributed by atoms with Gasteiger partial charge in [0.2, 0.25) is 15.9 Å². The topological polar surface area (TPSA) is 66.5 Å². The average Bonchev–Trinajstić information content (AvgIpc) is 2.97. The van der Waals surface area contributed by atoms with Crippen LogP contribution in [-0.2, 0) is 20.6 Å². The highest BCUT2D eigenvalue weighted by Gasteiger charge is 2.32. The van der Waals surface area contributed by atoms with E-state index in [4.69, 9.17) is 0 Å². The molecule has 0 aliphatic carbocycles. The largest absolute Gasteiger partial charge is 0.341 e. The molecule has 1 saturated heterocycles. The number of hydrogen-bond donors (Lipinski definition) is 1. The molecule has 1 amide bonds. The number of carbonyl (C=O) groups is 1. The van der Waals surface area contributed by atoms with E-state index >= 15 is 0 Å². The van der Waals surface area contributed by atoms with Gasteiger partial charge in [-0.1, -0.05) is 43.7 Å². The lowest BCUT2D eigenvalue weighted by atomic mass is 10.0. The zero-order valence-electron chi connectivity index (χ0n) is 14.1. The highest BCUT2D eigenvalue weighted by Crippen LogP contribution is 2.15. The zero-order chi connectivity index (χ0) is 17.0. The summed E-state index contributed by atoms with van der Waals surface area (Å²) < 4.78 is 27.5. The molecule has 2 rings (SSSR count). The highest BCUT2D eigenvalue weighted by molar-refractivity contribution is 7.88. The maximum absolute atomic E-state index is 12.6. The quantitative estimate of drug-likeness (QED) is 0.863. The summed E-state index contributed by atoms with van der Waals surface area (Å²) in [5.41, 5.74) is 1.75. The van der Waals surface area contributed by atoms with Crippen molar-refractivity contribution in [3.05, 3.63) is 35.4 Å². The monoisotopic (exact) mass is 338 g/mol. The second-order valence-electron chi connectivity index (χ2n) is 6.62. The lowest BCUT2D eigenvalue weighted by Gasteiger charge is -2.26. The number of amides is 1. The molecule has 6 heteroatoms. The van der Waals surface area contributed by atoms with Crippen LogP contribution in [0.2, 0.25) is 0 Å². The van der Waals surface area contributed by atoms with Crippen LogP contribution in [0.5, 0.6) is 0 Å². The lowest BCUT2D eigenvalue weighted by molar-refractivity contribution is -0.132. The molecule has 1 aromatic carbocycles. The summed E-state index contributed by atoms with van der Waals surface area (Å²) in [6, 6.07) is 6.72. The zero-order valence-corrected chi connectivity index (χ0v) is 14.9. The van der Waals surface area contributed by atoms with Crippen molar-refractivity contribution < 1.29 is 13.2 Å². The van der Waals surface area contributed by atoms with Gasteiger partial charge >= 0.3 is 0 Å². The van der Waals surface area contributed by atoms with Gasteiger partial charge in [-0.15, -0.1) is 0 Å². The molecule has 5 nitrogen and oxygen atoms in total. The number of rotatable bonds is 6. The number of benzene rings is 1. The fourth-order valence-electron chi connectivity index (χ4n) is 2.86. The van der Waals surface area contributed by atoms with Crippen LogP contribution in [0.4, 0.5) is 0 Å². The Kier molecular flexibility index (Phi) is 5.81. The van der Waals surface area contributed by atoms with Gasteiger partial charge in [0.15, 0.2) is 0 Å². The van der Waals surface area contributed by atoms with E-state index in [0.29, 0.717) is 0 Å². The van der Waals surface area contributed by atoms with E-state index in [1.54, 1.807) is 11.0 Å². The minimum Gasteiger partial charge on any atom is -0.341 e. The van der Waals surface area contributed by atoms with Crippen LogP contribution < -0.4 is 4.72 Å². The van der Waals surface area contributed by atoms with Gasteiger partial charge in [-0.3, -0.25) is 4.79 Å². The van der Waals surface area contributed by atoms with Crippen molar-refractivity contribution >= 4 is 15.9 Å². The Morgan fingerprint density at radius 3 is 2.48 bits per heavy atom. The first-order chi connectivity index (χ1) is 10.8.